The normalized spacial score (nSPS) is 33.0. The molecule has 0 radical (unpaired) electrons. The Morgan fingerprint density at radius 3 is 1.85 bits per heavy atom. The van der Waals surface area contributed by atoms with Crippen molar-refractivity contribution in [2.24, 2.45) is 23.7 Å². The first-order valence-corrected chi connectivity index (χ1v) is 8.36. The van der Waals surface area contributed by atoms with Crippen molar-refractivity contribution in [2.45, 2.75) is 50.1 Å². The van der Waals surface area contributed by atoms with Gasteiger partial charge >= 0.3 is 23.8 Å². The zero-order chi connectivity index (χ0) is 19.3. The Labute approximate surface area is 145 Å². The smallest absolute Gasteiger partial charge is 0.410 e. The van der Waals surface area contributed by atoms with Crippen molar-refractivity contribution in [3.05, 3.63) is 0 Å². The lowest BCUT2D eigenvalue weighted by Gasteiger charge is -2.53. The molecule has 0 amide bonds. The molecule has 0 aromatic rings. The van der Waals surface area contributed by atoms with Gasteiger partial charge in [-0.05, 0) is 55.8 Å². The average Bonchev–Trinajstić information content (AvgIpc) is 2.54. The van der Waals surface area contributed by atoms with Crippen LogP contribution in [0.25, 0.3) is 0 Å². The Morgan fingerprint density at radius 2 is 1.38 bits per heavy atom. The molecule has 0 aromatic heterocycles. The minimum Gasteiger partial charge on any atom is -0.544 e. The second-order valence-electron chi connectivity index (χ2n) is 7.40. The molecule has 4 aliphatic carbocycles. The molecule has 4 bridgehead atoms. The van der Waals surface area contributed by atoms with E-state index in [1.807, 2.05) is 0 Å². The summed E-state index contributed by atoms with van der Waals surface area (Å²) < 4.78 is 61.2. The monoisotopic (exact) mass is 381 g/mol. The Kier molecular flexibility index (Phi) is 4.64. The molecule has 0 aromatic carbocycles. The second-order valence-corrected chi connectivity index (χ2v) is 7.40. The number of carboxylic acid groups (broad SMARTS) is 1. The van der Waals surface area contributed by atoms with E-state index in [9.17, 15) is 37.1 Å². The van der Waals surface area contributed by atoms with Gasteiger partial charge < -0.3 is 19.4 Å². The summed E-state index contributed by atoms with van der Waals surface area (Å²) in [4.78, 5) is 33.0. The predicted molar refractivity (Wildman–Crippen MR) is 72.8 cm³/mol. The Bertz CT molecular complexity index is 592. The highest BCUT2D eigenvalue weighted by atomic mass is 19.3. The van der Waals surface area contributed by atoms with Gasteiger partial charge in [0.1, 0.15) is 12.1 Å². The molecule has 0 N–H and O–H groups in total. The molecule has 0 saturated heterocycles. The number of hydrogen-bond donors (Lipinski definition) is 0. The third kappa shape index (κ3) is 3.14. The lowest BCUT2D eigenvalue weighted by atomic mass is 9.55. The first-order valence-electron chi connectivity index (χ1n) is 8.36. The predicted octanol–water partition coefficient (Wildman–Crippen LogP) is 0.918. The van der Waals surface area contributed by atoms with E-state index < -0.39 is 36.4 Å². The highest BCUT2D eigenvalue weighted by Gasteiger charge is 2.64. The molecule has 0 aliphatic heterocycles. The highest BCUT2D eigenvalue weighted by molar-refractivity contribution is 5.89. The second kappa shape index (κ2) is 6.38. The molecule has 4 saturated carbocycles. The third-order valence-corrected chi connectivity index (χ3v) is 5.64. The van der Waals surface area contributed by atoms with Crippen LogP contribution in [0.5, 0.6) is 0 Å². The van der Waals surface area contributed by atoms with Gasteiger partial charge in [-0.1, -0.05) is 0 Å². The standard InChI is InChI=1S/C16H18F4O6/c17-15(18,13(22)23)16(19,20)14(24)25-6-11(21)26-12-9-2-7-1-8(4-9)5-10(12)3-7/h7-10,12H,1-6H2,(H,22,23)/p-1. The third-order valence-electron chi connectivity index (χ3n) is 5.64. The summed E-state index contributed by atoms with van der Waals surface area (Å²) in [6.07, 6.45) is 4.45. The topological polar surface area (TPSA) is 92.7 Å². The molecule has 6 nitrogen and oxygen atoms in total. The summed E-state index contributed by atoms with van der Waals surface area (Å²) in [6, 6.07) is 0. The molecule has 0 spiro atoms. The number of aliphatic carboxylic acids is 1. The van der Waals surface area contributed by atoms with Crippen molar-refractivity contribution >= 4 is 17.9 Å². The summed E-state index contributed by atoms with van der Waals surface area (Å²) in [6.45, 7) is -1.29. The van der Waals surface area contributed by atoms with Crippen LogP contribution in [0.1, 0.15) is 32.1 Å². The van der Waals surface area contributed by atoms with Crippen molar-refractivity contribution in [1.82, 2.24) is 0 Å². The van der Waals surface area contributed by atoms with E-state index in [4.69, 9.17) is 4.74 Å². The van der Waals surface area contributed by atoms with Crippen LogP contribution in [0.4, 0.5) is 17.6 Å². The molecule has 146 valence electrons. The van der Waals surface area contributed by atoms with Gasteiger partial charge in [0.15, 0.2) is 6.61 Å². The highest BCUT2D eigenvalue weighted by Crippen LogP contribution is 2.54. The van der Waals surface area contributed by atoms with Gasteiger partial charge in [-0.25, -0.2) is 9.59 Å². The van der Waals surface area contributed by atoms with Crippen LogP contribution in [-0.4, -0.2) is 42.5 Å². The zero-order valence-corrected chi connectivity index (χ0v) is 13.6. The van der Waals surface area contributed by atoms with E-state index in [1.165, 1.54) is 6.42 Å². The number of halogens is 4. The first-order chi connectivity index (χ1) is 12.0. The number of carbonyl (C=O) groups is 3. The Balaban J connectivity index is 1.53. The molecular weight excluding hydrogens is 364 g/mol. The number of carboxylic acids is 1. The minimum absolute atomic E-state index is 0.176. The van der Waals surface area contributed by atoms with Crippen LogP contribution >= 0.6 is 0 Å². The van der Waals surface area contributed by atoms with E-state index in [-0.39, 0.29) is 17.9 Å². The van der Waals surface area contributed by atoms with Crippen molar-refractivity contribution in [3.8, 4) is 0 Å². The number of esters is 2. The van der Waals surface area contributed by atoms with Crippen molar-refractivity contribution in [3.63, 3.8) is 0 Å². The zero-order valence-electron chi connectivity index (χ0n) is 13.6. The van der Waals surface area contributed by atoms with Gasteiger partial charge in [-0.3, -0.25) is 0 Å². The van der Waals surface area contributed by atoms with Crippen LogP contribution in [0, 0.1) is 23.7 Å². The van der Waals surface area contributed by atoms with Gasteiger partial charge in [0.25, 0.3) is 0 Å². The lowest BCUT2D eigenvalue weighted by Crippen LogP contribution is -2.58. The molecule has 0 atom stereocenters. The summed E-state index contributed by atoms with van der Waals surface area (Å²) >= 11 is 0. The molecule has 26 heavy (non-hydrogen) atoms. The summed E-state index contributed by atoms with van der Waals surface area (Å²) in [7, 11) is 0. The van der Waals surface area contributed by atoms with E-state index in [0.29, 0.717) is 11.8 Å². The molecule has 0 unspecified atom stereocenters. The Hall–Kier alpha value is -1.87. The first kappa shape index (κ1) is 18.9. The molecule has 4 fully saturated rings. The largest absolute Gasteiger partial charge is 0.544 e. The van der Waals surface area contributed by atoms with Crippen LogP contribution in [0.15, 0.2) is 0 Å². The maximum absolute atomic E-state index is 13.2. The quantitative estimate of drug-likeness (QED) is 0.502. The minimum atomic E-state index is -5.75. The van der Waals surface area contributed by atoms with E-state index >= 15 is 0 Å². The van der Waals surface area contributed by atoms with E-state index in [1.54, 1.807) is 0 Å². The molecule has 0 heterocycles. The van der Waals surface area contributed by atoms with Crippen molar-refractivity contribution in [2.75, 3.05) is 6.61 Å². The molecular formula is C16H17F4O6-. The van der Waals surface area contributed by atoms with Crippen molar-refractivity contribution in [1.29, 1.82) is 0 Å². The average molecular weight is 381 g/mol. The lowest BCUT2D eigenvalue weighted by molar-refractivity contribution is -0.346. The fourth-order valence-corrected chi connectivity index (χ4v) is 4.72. The van der Waals surface area contributed by atoms with Crippen LogP contribution in [0.3, 0.4) is 0 Å². The van der Waals surface area contributed by atoms with E-state index in [2.05, 4.69) is 4.74 Å². The number of ether oxygens (including phenoxy) is 2. The molecule has 4 rings (SSSR count). The van der Waals surface area contributed by atoms with Crippen LogP contribution < -0.4 is 5.11 Å². The fourth-order valence-electron chi connectivity index (χ4n) is 4.72. The summed E-state index contributed by atoms with van der Waals surface area (Å²) in [5, 5.41) is 10.1. The van der Waals surface area contributed by atoms with E-state index in [0.717, 1.165) is 25.7 Å². The van der Waals surface area contributed by atoms with Gasteiger partial charge in [0, 0.05) is 0 Å². The summed E-state index contributed by atoms with van der Waals surface area (Å²) in [5.74, 6) is -17.2. The number of alkyl halides is 4. The van der Waals surface area contributed by atoms with Gasteiger partial charge in [0.05, 0.1) is 0 Å². The van der Waals surface area contributed by atoms with Crippen LogP contribution in [0.2, 0.25) is 0 Å². The summed E-state index contributed by atoms with van der Waals surface area (Å²) in [5.41, 5.74) is 0. The fraction of sp³-hybridized carbons (Fsp3) is 0.812. The van der Waals surface area contributed by atoms with Crippen LogP contribution in [-0.2, 0) is 23.9 Å². The maximum Gasteiger partial charge on any atom is 0.410 e. The van der Waals surface area contributed by atoms with Crippen molar-refractivity contribution < 1.29 is 46.5 Å². The SMILES string of the molecule is O=C(COC(=O)C(F)(F)C(F)(F)C(=O)[O-])OC1C2CC3CC(C2)CC1C3. The maximum atomic E-state index is 13.2. The molecule has 10 heteroatoms. The number of hydrogen-bond acceptors (Lipinski definition) is 6. The van der Waals surface area contributed by atoms with Gasteiger partial charge in [-0.15, -0.1) is 0 Å². The van der Waals surface area contributed by atoms with Gasteiger partial charge in [0.2, 0.25) is 0 Å². The Morgan fingerprint density at radius 1 is 0.885 bits per heavy atom. The number of carbonyl (C=O) groups excluding carboxylic acids is 3. The molecule has 4 aliphatic rings. The van der Waals surface area contributed by atoms with Gasteiger partial charge in [-0.2, -0.15) is 17.6 Å². The number of rotatable bonds is 6.